The Labute approximate surface area is 188 Å². The SMILES string of the molecule is CC(C)(C)OC(=O)N[C@H]1CC(C2(O)CC2)N(c2cc(-c3cnccc3C#N)ccc2N)C1. The number of benzene rings is 1. The molecule has 1 aromatic carbocycles. The zero-order valence-corrected chi connectivity index (χ0v) is 18.6. The highest BCUT2D eigenvalue weighted by atomic mass is 16.6. The van der Waals surface area contributed by atoms with Crippen molar-refractivity contribution in [3.05, 3.63) is 42.2 Å². The fraction of sp³-hybridized carbons (Fsp3) is 0.458. The van der Waals surface area contributed by atoms with Crippen molar-refractivity contribution in [2.75, 3.05) is 17.2 Å². The van der Waals surface area contributed by atoms with E-state index < -0.39 is 17.3 Å². The minimum Gasteiger partial charge on any atom is -0.444 e. The van der Waals surface area contributed by atoms with Crippen molar-refractivity contribution in [2.24, 2.45) is 0 Å². The van der Waals surface area contributed by atoms with Crippen molar-refractivity contribution < 1.29 is 14.6 Å². The van der Waals surface area contributed by atoms with Crippen LogP contribution in [0.5, 0.6) is 0 Å². The van der Waals surface area contributed by atoms with Crippen LogP contribution in [0.3, 0.4) is 0 Å². The number of aliphatic hydroxyl groups is 1. The van der Waals surface area contributed by atoms with Crippen LogP contribution in [0, 0.1) is 11.3 Å². The van der Waals surface area contributed by atoms with E-state index in [2.05, 4.69) is 21.3 Å². The fourth-order valence-electron chi connectivity index (χ4n) is 4.33. The van der Waals surface area contributed by atoms with Gasteiger partial charge < -0.3 is 25.8 Å². The molecular weight excluding hydrogens is 406 g/mol. The van der Waals surface area contributed by atoms with Crippen molar-refractivity contribution in [2.45, 2.75) is 63.3 Å². The third-order valence-corrected chi connectivity index (χ3v) is 6.00. The van der Waals surface area contributed by atoms with Gasteiger partial charge in [-0.2, -0.15) is 5.26 Å². The number of nitrogens with zero attached hydrogens (tertiary/aromatic N) is 3. The van der Waals surface area contributed by atoms with Gasteiger partial charge in [-0.05, 0) is 63.8 Å². The van der Waals surface area contributed by atoms with E-state index in [1.165, 1.54) is 0 Å². The second-order valence-corrected chi connectivity index (χ2v) is 9.66. The van der Waals surface area contributed by atoms with Gasteiger partial charge in [0.2, 0.25) is 0 Å². The maximum Gasteiger partial charge on any atom is 0.407 e. The van der Waals surface area contributed by atoms with Crippen LogP contribution in [-0.4, -0.2) is 46.0 Å². The Hall–Kier alpha value is -3.31. The molecule has 0 bridgehead atoms. The Morgan fingerprint density at radius 1 is 1.38 bits per heavy atom. The third-order valence-electron chi connectivity index (χ3n) is 6.00. The van der Waals surface area contributed by atoms with Crippen molar-refractivity contribution in [3.8, 4) is 17.2 Å². The Bertz CT molecular complexity index is 1070. The predicted octanol–water partition coefficient (Wildman–Crippen LogP) is 3.20. The van der Waals surface area contributed by atoms with E-state index in [1.54, 1.807) is 24.5 Å². The monoisotopic (exact) mass is 435 g/mol. The van der Waals surface area contributed by atoms with E-state index in [9.17, 15) is 15.2 Å². The maximum atomic E-state index is 12.3. The van der Waals surface area contributed by atoms with Gasteiger partial charge in [0.05, 0.1) is 40.7 Å². The predicted molar refractivity (Wildman–Crippen MR) is 122 cm³/mol. The summed E-state index contributed by atoms with van der Waals surface area (Å²) < 4.78 is 5.41. The van der Waals surface area contributed by atoms with E-state index in [-0.39, 0.29) is 12.1 Å². The molecule has 2 aliphatic rings. The van der Waals surface area contributed by atoms with E-state index in [1.807, 2.05) is 32.9 Å². The first-order chi connectivity index (χ1) is 15.1. The Morgan fingerprint density at radius 2 is 2.12 bits per heavy atom. The molecule has 4 N–H and O–H groups in total. The lowest BCUT2D eigenvalue weighted by atomic mass is 10.00. The van der Waals surface area contributed by atoms with E-state index in [0.29, 0.717) is 37.1 Å². The largest absolute Gasteiger partial charge is 0.444 e. The maximum absolute atomic E-state index is 12.3. The van der Waals surface area contributed by atoms with Crippen molar-refractivity contribution >= 4 is 17.5 Å². The molecule has 32 heavy (non-hydrogen) atoms. The third kappa shape index (κ3) is 4.48. The second kappa shape index (κ2) is 7.99. The molecule has 1 amide bonds. The minimum absolute atomic E-state index is 0.177. The highest BCUT2D eigenvalue weighted by molar-refractivity contribution is 5.80. The first-order valence-corrected chi connectivity index (χ1v) is 10.8. The lowest BCUT2D eigenvalue weighted by Crippen LogP contribution is -2.41. The summed E-state index contributed by atoms with van der Waals surface area (Å²) in [6.45, 7) is 5.97. The molecule has 1 aromatic heterocycles. The zero-order valence-electron chi connectivity index (χ0n) is 18.6. The number of nitrogen functional groups attached to an aromatic ring is 1. The quantitative estimate of drug-likeness (QED) is 0.630. The molecule has 1 saturated carbocycles. The normalized spacial score (nSPS) is 21.7. The van der Waals surface area contributed by atoms with Gasteiger partial charge in [0.1, 0.15) is 5.60 Å². The molecule has 4 rings (SSSR count). The molecule has 1 aliphatic heterocycles. The molecule has 2 atom stereocenters. The van der Waals surface area contributed by atoms with Gasteiger partial charge in [-0.1, -0.05) is 6.07 Å². The molecule has 0 radical (unpaired) electrons. The molecule has 168 valence electrons. The lowest BCUT2D eigenvalue weighted by Gasteiger charge is -2.31. The van der Waals surface area contributed by atoms with E-state index >= 15 is 0 Å². The number of anilines is 2. The number of nitriles is 1. The molecule has 8 heteroatoms. The van der Waals surface area contributed by atoms with E-state index in [4.69, 9.17) is 10.5 Å². The number of carbonyl (C=O) groups excluding carboxylic acids is 1. The van der Waals surface area contributed by atoms with Crippen LogP contribution in [0.25, 0.3) is 11.1 Å². The number of nitrogens with two attached hydrogens (primary N) is 1. The molecule has 2 heterocycles. The van der Waals surface area contributed by atoms with Crippen LogP contribution < -0.4 is 16.0 Å². The van der Waals surface area contributed by atoms with Crippen LogP contribution in [0.4, 0.5) is 16.2 Å². The van der Waals surface area contributed by atoms with E-state index in [0.717, 1.165) is 16.8 Å². The number of amides is 1. The number of pyridine rings is 1. The van der Waals surface area contributed by atoms with Gasteiger partial charge in [-0.15, -0.1) is 0 Å². The van der Waals surface area contributed by atoms with Crippen LogP contribution in [0.15, 0.2) is 36.7 Å². The molecule has 2 aromatic rings. The van der Waals surface area contributed by atoms with Crippen LogP contribution in [0.1, 0.15) is 45.6 Å². The summed E-state index contributed by atoms with van der Waals surface area (Å²) in [7, 11) is 0. The number of carbonyl (C=O) groups is 1. The van der Waals surface area contributed by atoms with Gasteiger partial charge in [-0.3, -0.25) is 4.98 Å². The number of nitrogens with one attached hydrogen (secondary N) is 1. The number of hydrogen-bond donors (Lipinski definition) is 3. The van der Waals surface area contributed by atoms with Gasteiger partial charge in [0.25, 0.3) is 0 Å². The first-order valence-electron chi connectivity index (χ1n) is 10.8. The number of rotatable bonds is 4. The smallest absolute Gasteiger partial charge is 0.407 e. The van der Waals surface area contributed by atoms with Gasteiger partial charge >= 0.3 is 6.09 Å². The molecule has 1 aliphatic carbocycles. The molecular formula is C24H29N5O3. The van der Waals surface area contributed by atoms with Crippen molar-refractivity contribution in [1.82, 2.24) is 10.3 Å². The zero-order chi connectivity index (χ0) is 23.1. The van der Waals surface area contributed by atoms with Crippen LogP contribution in [0.2, 0.25) is 0 Å². The molecule has 1 saturated heterocycles. The van der Waals surface area contributed by atoms with Gasteiger partial charge in [0, 0.05) is 24.5 Å². The Kier molecular flexibility index (Phi) is 5.47. The average Bonchev–Trinajstić information content (AvgIpc) is 3.33. The van der Waals surface area contributed by atoms with Gasteiger partial charge in [-0.25, -0.2) is 4.79 Å². The molecule has 8 nitrogen and oxygen atoms in total. The summed E-state index contributed by atoms with van der Waals surface area (Å²) >= 11 is 0. The summed E-state index contributed by atoms with van der Waals surface area (Å²) in [6.07, 6.45) is 4.81. The summed E-state index contributed by atoms with van der Waals surface area (Å²) in [5.41, 5.74) is 8.40. The lowest BCUT2D eigenvalue weighted by molar-refractivity contribution is 0.0503. The fourth-order valence-corrected chi connectivity index (χ4v) is 4.33. The molecule has 0 spiro atoms. The average molecular weight is 436 g/mol. The highest BCUT2D eigenvalue weighted by Gasteiger charge is 2.54. The Balaban J connectivity index is 1.64. The molecule has 2 fully saturated rings. The molecule has 1 unspecified atom stereocenters. The topological polar surface area (TPSA) is 124 Å². The van der Waals surface area contributed by atoms with Crippen LogP contribution in [-0.2, 0) is 4.74 Å². The number of hydrogen-bond acceptors (Lipinski definition) is 7. The Morgan fingerprint density at radius 3 is 2.78 bits per heavy atom. The number of alkyl carbamates (subject to hydrolysis) is 1. The number of aromatic nitrogens is 1. The standard InChI is InChI=1S/C24H29N5O3/c1-23(2,3)32-22(30)28-17-11-21(24(31)7-8-24)29(14-17)20-10-15(4-5-19(20)26)18-13-27-9-6-16(18)12-25/h4-6,9-10,13,17,21,31H,7-8,11,14,26H2,1-3H3,(H,28,30)/t17-,21?/m0/s1. The number of ether oxygens (including phenoxy) is 1. The van der Waals surface area contributed by atoms with Crippen molar-refractivity contribution in [3.63, 3.8) is 0 Å². The second-order valence-electron chi connectivity index (χ2n) is 9.66. The summed E-state index contributed by atoms with van der Waals surface area (Å²) in [4.78, 5) is 18.6. The summed E-state index contributed by atoms with van der Waals surface area (Å²) in [5, 5.41) is 23.4. The minimum atomic E-state index is -0.793. The first kappa shape index (κ1) is 21.9. The van der Waals surface area contributed by atoms with Crippen LogP contribution >= 0.6 is 0 Å². The summed E-state index contributed by atoms with van der Waals surface area (Å²) in [5.74, 6) is 0. The highest BCUT2D eigenvalue weighted by Crippen LogP contribution is 2.47. The summed E-state index contributed by atoms with van der Waals surface area (Å²) in [6, 6.07) is 9.12. The van der Waals surface area contributed by atoms with Crippen molar-refractivity contribution in [1.29, 1.82) is 5.26 Å². The van der Waals surface area contributed by atoms with Gasteiger partial charge in [0.15, 0.2) is 0 Å².